The molecule has 118 valence electrons. The summed E-state index contributed by atoms with van der Waals surface area (Å²) in [5.74, 6) is 2.51. The van der Waals surface area contributed by atoms with Gasteiger partial charge in [-0.3, -0.25) is 4.79 Å². The summed E-state index contributed by atoms with van der Waals surface area (Å²) in [7, 11) is 0. The van der Waals surface area contributed by atoms with Crippen LogP contribution in [-0.4, -0.2) is 17.4 Å². The Morgan fingerprint density at radius 3 is 2.26 bits per heavy atom. The minimum absolute atomic E-state index is 0.123. The number of nitrogens with zero attached hydrogens (tertiary/aromatic N) is 1. The highest BCUT2D eigenvalue weighted by molar-refractivity contribution is 5.94. The Bertz CT molecular complexity index is 696. The van der Waals surface area contributed by atoms with Gasteiger partial charge in [0.25, 0.3) is 5.91 Å². The maximum atomic E-state index is 13.0. The van der Waals surface area contributed by atoms with Crippen molar-refractivity contribution in [3.8, 4) is 12.3 Å². The van der Waals surface area contributed by atoms with Crippen molar-refractivity contribution in [2.24, 2.45) is 0 Å². The monoisotopic (exact) mass is 309 g/mol. The van der Waals surface area contributed by atoms with Crippen LogP contribution in [0.25, 0.3) is 0 Å². The summed E-state index contributed by atoms with van der Waals surface area (Å²) in [5.41, 5.74) is 2.63. The van der Waals surface area contributed by atoms with Crippen molar-refractivity contribution in [2.45, 2.75) is 26.3 Å². The zero-order valence-electron chi connectivity index (χ0n) is 13.4. The minimum atomic E-state index is -0.298. The fraction of sp³-hybridized carbons (Fsp3) is 0.250. The van der Waals surface area contributed by atoms with E-state index < -0.39 is 0 Å². The van der Waals surface area contributed by atoms with Crippen LogP contribution >= 0.6 is 0 Å². The Kier molecular flexibility index (Phi) is 5.54. The first-order chi connectivity index (χ1) is 11.0. The van der Waals surface area contributed by atoms with Gasteiger partial charge in [-0.1, -0.05) is 44.0 Å². The molecular formula is C20H20FNO. The molecular weight excluding hydrogens is 289 g/mol. The molecule has 0 saturated heterocycles. The van der Waals surface area contributed by atoms with Gasteiger partial charge >= 0.3 is 0 Å². The molecule has 0 atom stereocenters. The van der Waals surface area contributed by atoms with Gasteiger partial charge in [0.1, 0.15) is 5.82 Å². The summed E-state index contributed by atoms with van der Waals surface area (Å²) in [6.07, 6.45) is 5.38. The average Bonchev–Trinajstić information content (AvgIpc) is 2.56. The molecule has 0 spiro atoms. The molecule has 1 amide bonds. The lowest BCUT2D eigenvalue weighted by molar-refractivity contribution is 0.0765. The third-order valence-electron chi connectivity index (χ3n) is 3.68. The summed E-state index contributed by atoms with van der Waals surface area (Å²) in [6, 6.07) is 13.7. The van der Waals surface area contributed by atoms with Crippen molar-refractivity contribution < 1.29 is 9.18 Å². The van der Waals surface area contributed by atoms with Gasteiger partial charge in [-0.05, 0) is 41.3 Å². The van der Waals surface area contributed by atoms with Crippen molar-refractivity contribution in [3.63, 3.8) is 0 Å². The van der Waals surface area contributed by atoms with Crippen molar-refractivity contribution in [1.82, 2.24) is 4.90 Å². The first-order valence-electron chi connectivity index (χ1n) is 7.58. The van der Waals surface area contributed by atoms with Crippen molar-refractivity contribution in [1.29, 1.82) is 0 Å². The van der Waals surface area contributed by atoms with Crippen LogP contribution in [0.3, 0.4) is 0 Å². The van der Waals surface area contributed by atoms with Crippen molar-refractivity contribution in [2.75, 3.05) is 6.54 Å². The second-order valence-electron chi connectivity index (χ2n) is 5.77. The highest BCUT2D eigenvalue weighted by Crippen LogP contribution is 2.16. The molecule has 2 nitrogen and oxygen atoms in total. The zero-order chi connectivity index (χ0) is 16.8. The lowest BCUT2D eigenvalue weighted by Gasteiger charge is -2.21. The first kappa shape index (κ1) is 16.8. The number of terminal acetylenes is 1. The molecule has 0 aliphatic carbocycles. The molecule has 0 N–H and O–H groups in total. The Morgan fingerprint density at radius 1 is 1.13 bits per heavy atom. The van der Waals surface area contributed by atoms with Gasteiger partial charge in [-0.2, -0.15) is 0 Å². The van der Waals surface area contributed by atoms with E-state index in [0.29, 0.717) is 18.0 Å². The molecule has 0 radical (unpaired) electrons. The first-order valence-corrected chi connectivity index (χ1v) is 7.58. The molecule has 0 aliphatic rings. The number of halogens is 1. The van der Waals surface area contributed by atoms with Crippen LogP contribution < -0.4 is 0 Å². The maximum Gasteiger partial charge on any atom is 0.254 e. The minimum Gasteiger partial charge on any atom is -0.323 e. The quantitative estimate of drug-likeness (QED) is 0.757. The molecule has 0 saturated carbocycles. The second kappa shape index (κ2) is 7.60. The van der Waals surface area contributed by atoms with Crippen LogP contribution in [0.5, 0.6) is 0 Å². The molecule has 3 heteroatoms. The number of hydrogen-bond donors (Lipinski definition) is 0. The number of amides is 1. The summed E-state index contributed by atoms with van der Waals surface area (Å²) in [6.45, 7) is 4.78. The van der Waals surface area contributed by atoms with E-state index in [1.165, 1.54) is 17.7 Å². The van der Waals surface area contributed by atoms with Gasteiger partial charge in [0, 0.05) is 12.1 Å². The molecule has 2 rings (SSSR count). The number of rotatable bonds is 5. The van der Waals surface area contributed by atoms with Crippen LogP contribution in [-0.2, 0) is 6.54 Å². The molecule has 0 unspecified atom stereocenters. The lowest BCUT2D eigenvalue weighted by Crippen LogP contribution is -2.31. The maximum absolute atomic E-state index is 13.0. The van der Waals surface area contributed by atoms with Gasteiger partial charge in [0.15, 0.2) is 0 Å². The normalized spacial score (nSPS) is 10.4. The van der Waals surface area contributed by atoms with Gasteiger partial charge < -0.3 is 4.90 Å². The summed E-state index contributed by atoms with van der Waals surface area (Å²) < 4.78 is 13.0. The Labute approximate surface area is 136 Å². The largest absolute Gasteiger partial charge is 0.323 e. The van der Waals surface area contributed by atoms with Crippen LogP contribution in [0, 0.1) is 18.2 Å². The SMILES string of the molecule is C#CCN(Cc1ccc(F)cc1)C(=O)c1ccc(C(C)C)cc1. The number of carbonyl (C=O) groups excluding carboxylic acids is 1. The lowest BCUT2D eigenvalue weighted by atomic mass is 10.0. The van der Waals surface area contributed by atoms with Crippen LogP contribution in [0.1, 0.15) is 41.3 Å². The predicted molar refractivity (Wildman–Crippen MR) is 90.5 cm³/mol. The molecule has 2 aromatic rings. The summed E-state index contributed by atoms with van der Waals surface area (Å²) >= 11 is 0. The fourth-order valence-electron chi connectivity index (χ4n) is 2.31. The molecule has 2 aromatic carbocycles. The van der Waals surface area contributed by atoms with E-state index in [-0.39, 0.29) is 18.3 Å². The highest BCUT2D eigenvalue weighted by Gasteiger charge is 2.15. The standard InChI is InChI=1S/C20H20FNO/c1-4-13-22(14-16-5-11-19(21)12-6-16)20(23)18-9-7-17(8-10-18)15(2)3/h1,5-12,15H,13-14H2,2-3H3. The third kappa shape index (κ3) is 4.43. The van der Waals surface area contributed by atoms with E-state index in [1.54, 1.807) is 17.0 Å². The Hall–Kier alpha value is -2.60. The number of hydrogen-bond acceptors (Lipinski definition) is 1. The third-order valence-corrected chi connectivity index (χ3v) is 3.68. The fourth-order valence-corrected chi connectivity index (χ4v) is 2.31. The molecule has 0 fully saturated rings. The number of carbonyl (C=O) groups is 1. The molecule has 0 aromatic heterocycles. The molecule has 0 aliphatic heterocycles. The van der Waals surface area contributed by atoms with E-state index in [0.717, 1.165) is 5.56 Å². The Morgan fingerprint density at radius 2 is 1.74 bits per heavy atom. The molecule has 0 heterocycles. The van der Waals surface area contributed by atoms with Crippen LogP contribution in [0.2, 0.25) is 0 Å². The predicted octanol–water partition coefficient (Wildman–Crippen LogP) is 4.22. The van der Waals surface area contributed by atoms with Crippen LogP contribution in [0.4, 0.5) is 4.39 Å². The Balaban J connectivity index is 2.17. The van der Waals surface area contributed by atoms with Gasteiger partial charge in [0.2, 0.25) is 0 Å². The summed E-state index contributed by atoms with van der Waals surface area (Å²) in [4.78, 5) is 14.2. The number of benzene rings is 2. The van der Waals surface area contributed by atoms with E-state index in [9.17, 15) is 9.18 Å². The smallest absolute Gasteiger partial charge is 0.254 e. The average molecular weight is 309 g/mol. The van der Waals surface area contributed by atoms with Crippen molar-refractivity contribution in [3.05, 3.63) is 71.0 Å². The molecule has 0 bridgehead atoms. The summed E-state index contributed by atoms with van der Waals surface area (Å²) in [5, 5.41) is 0. The van der Waals surface area contributed by atoms with E-state index >= 15 is 0 Å². The zero-order valence-corrected chi connectivity index (χ0v) is 13.4. The molecule has 23 heavy (non-hydrogen) atoms. The van der Waals surface area contributed by atoms with Crippen molar-refractivity contribution >= 4 is 5.91 Å². The van der Waals surface area contributed by atoms with E-state index in [2.05, 4.69) is 19.8 Å². The van der Waals surface area contributed by atoms with Crippen LogP contribution in [0.15, 0.2) is 48.5 Å². The topological polar surface area (TPSA) is 20.3 Å². The van der Waals surface area contributed by atoms with Gasteiger partial charge in [-0.25, -0.2) is 4.39 Å². The highest BCUT2D eigenvalue weighted by atomic mass is 19.1. The van der Waals surface area contributed by atoms with Gasteiger partial charge in [-0.15, -0.1) is 6.42 Å². The second-order valence-corrected chi connectivity index (χ2v) is 5.77. The van der Waals surface area contributed by atoms with E-state index in [4.69, 9.17) is 6.42 Å². The van der Waals surface area contributed by atoms with Gasteiger partial charge in [0.05, 0.1) is 6.54 Å². The van der Waals surface area contributed by atoms with E-state index in [1.807, 2.05) is 24.3 Å².